The molecule has 0 saturated heterocycles. The molecule has 0 fully saturated rings. The molecule has 3 heterocycles. The van der Waals surface area contributed by atoms with Gasteiger partial charge in [0.05, 0.1) is 16.6 Å². The zero-order valence-electron chi connectivity index (χ0n) is 16.9. The number of aryl methyl sites for hydroxylation is 2. The number of anilines is 1. The van der Waals surface area contributed by atoms with Crippen molar-refractivity contribution in [3.63, 3.8) is 0 Å². The fourth-order valence-corrected chi connectivity index (χ4v) is 4.21. The summed E-state index contributed by atoms with van der Waals surface area (Å²) in [7, 11) is 1.63. The molecule has 0 atom stereocenters. The maximum Gasteiger partial charge on any atom is 0.262 e. The van der Waals surface area contributed by atoms with E-state index in [0.717, 1.165) is 5.56 Å². The van der Waals surface area contributed by atoms with Crippen LogP contribution in [-0.4, -0.2) is 26.3 Å². The maximum absolute atomic E-state index is 12.7. The number of nitrogens with zero attached hydrogens (tertiary/aromatic N) is 3. The molecule has 0 unspecified atom stereocenters. The van der Waals surface area contributed by atoms with Crippen molar-refractivity contribution in [2.45, 2.75) is 13.5 Å². The molecule has 0 radical (unpaired) electrons. The number of carbonyl (C=O) groups is 2. The van der Waals surface area contributed by atoms with Gasteiger partial charge in [-0.25, -0.2) is 4.98 Å². The van der Waals surface area contributed by atoms with Gasteiger partial charge in [0.25, 0.3) is 17.4 Å². The van der Waals surface area contributed by atoms with Gasteiger partial charge in [-0.05, 0) is 42.3 Å². The maximum atomic E-state index is 12.7. The van der Waals surface area contributed by atoms with Crippen molar-refractivity contribution in [3.05, 3.63) is 87.0 Å². The lowest BCUT2D eigenvalue weighted by molar-refractivity contribution is 0.0953. The van der Waals surface area contributed by atoms with E-state index in [2.05, 4.69) is 20.6 Å². The summed E-state index contributed by atoms with van der Waals surface area (Å²) in [6.45, 7) is 2.03. The quantitative estimate of drug-likeness (QED) is 0.503. The van der Waals surface area contributed by atoms with Gasteiger partial charge in [-0.3, -0.25) is 19.4 Å². The van der Waals surface area contributed by atoms with Crippen molar-refractivity contribution < 1.29 is 9.59 Å². The summed E-state index contributed by atoms with van der Waals surface area (Å²) < 4.78 is 1.40. The SMILES string of the molecule is Cc1c(C(=O)NCc2cccc(NC(=O)c3ccncc3)c2)sc2ncn(C)c(=O)c12. The van der Waals surface area contributed by atoms with E-state index in [9.17, 15) is 14.4 Å². The Labute approximate surface area is 181 Å². The summed E-state index contributed by atoms with van der Waals surface area (Å²) in [5, 5.41) is 6.18. The Morgan fingerprint density at radius 1 is 1.13 bits per heavy atom. The first-order valence-electron chi connectivity index (χ1n) is 9.47. The molecule has 0 saturated carbocycles. The van der Waals surface area contributed by atoms with Gasteiger partial charge in [0.15, 0.2) is 0 Å². The molecule has 0 aliphatic rings. The number of benzene rings is 1. The smallest absolute Gasteiger partial charge is 0.262 e. The first-order chi connectivity index (χ1) is 14.9. The third-order valence-electron chi connectivity index (χ3n) is 4.80. The van der Waals surface area contributed by atoms with Gasteiger partial charge in [-0.15, -0.1) is 11.3 Å². The van der Waals surface area contributed by atoms with E-state index >= 15 is 0 Å². The Hall–Kier alpha value is -3.85. The summed E-state index contributed by atoms with van der Waals surface area (Å²) >= 11 is 1.20. The molecule has 0 bridgehead atoms. The highest BCUT2D eigenvalue weighted by atomic mass is 32.1. The molecule has 31 heavy (non-hydrogen) atoms. The van der Waals surface area contributed by atoms with Gasteiger partial charge in [-0.1, -0.05) is 12.1 Å². The van der Waals surface area contributed by atoms with E-state index in [1.165, 1.54) is 22.2 Å². The number of thiophene rings is 1. The Bertz CT molecular complexity index is 1340. The lowest BCUT2D eigenvalue weighted by Crippen LogP contribution is -2.23. The first kappa shape index (κ1) is 20.4. The Morgan fingerprint density at radius 3 is 2.68 bits per heavy atom. The average molecular weight is 433 g/mol. The van der Waals surface area contributed by atoms with Crippen molar-refractivity contribution in [1.29, 1.82) is 0 Å². The van der Waals surface area contributed by atoms with Crippen LogP contribution in [0.2, 0.25) is 0 Å². The van der Waals surface area contributed by atoms with Crippen LogP contribution in [0.1, 0.15) is 31.2 Å². The third kappa shape index (κ3) is 4.22. The van der Waals surface area contributed by atoms with Crippen LogP contribution < -0.4 is 16.2 Å². The lowest BCUT2D eigenvalue weighted by Gasteiger charge is -2.09. The van der Waals surface area contributed by atoms with Crippen LogP contribution in [0.3, 0.4) is 0 Å². The van der Waals surface area contributed by atoms with Crippen LogP contribution in [0.15, 0.2) is 59.9 Å². The van der Waals surface area contributed by atoms with E-state index in [4.69, 9.17) is 0 Å². The molecular formula is C22H19N5O3S. The molecule has 1 aromatic carbocycles. The predicted molar refractivity (Wildman–Crippen MR) is 119 cm³/mol. The third-order valence-corrected chi connectivity index (χ3v) is 6.00. The number of fused-ring (bicyclic) bond motifs is 1. The average Bonchev–Trinajstić information content (AvgIpc) is 3.12. The molecule has 2 N–H and O–H groups in total. The molecule has 0 aliphatic heterocycles. The molecule has 8 nitrogen and oxygen atoms in total. The van der Waals surface area contributed by atoms with Crippen LogP contribution in [0.25, 0.3) is 10.2 Å². The van der Waals surface area contributed by atoms with E-state index in [1.807, 2.05) is 12.1 Å². The predicted octanol–water partition coefficient (Wildman–Crippen LogP) is 2.88. The number of hydrogen-bond acceptors (Lipinski definition) is 6. The topological polar surface area (TPSA) is 106 Å². The molecule has 3 aromatic heterocycles. The number of aromatic nitrogens is 3. The minimum atomic E-state index is -0.270. The van der Waals surface area contributed by atoms with Crippen LogP contribution in [-0.2, 0) is 13.6 Å². The number of nitrogens with one attached hydrogen (secondary N) is 2. The summed E-state index contributed by atoms with van der Waals surface area (Å²) in [5.74, 6) is -0.507. The van der Waals surface area contributed by atoms with Crippen molar-refractivity contribution in [1.82, 2.24) is 19.9 Å². The fourth-order valence-electron chi connectivity index (χ4n) is 3.15. The Kier molecular flexibility index (Phi) is 5.59. The van der Waals surface area contributed by atoms with Gasteiger partial charge in [0.2, 0.25) is 0 Å². The van der Waals surface area contributed by atoms with Crippen molar-refractivity contribution in [3.8, 4) is 0 Å². The molecule has 9 heteroatoms. The number of pyridine rings is 1. The monoisotopic (exact) mass is 433 g/mol. The number of hydrogen-bond donors (Lipinski definition) is 2. The molecule has 4 aromatic rings. The second-order valence-electron chi connectivity index (χ2n) is 6.97. The van der Waals surface area contributed by atoms with Gasteiger partial charge in [0.1, 0.15) is 4.83 Å². The fraction of sp³-hybridized carbons (Fsp3) is 0.136. The summed E-state index contributed by atoms with van der Waals surface area (Å²) in [5.41, 5.74) is 2.42. The molecule has 0 aliphatic carbocycles. The van der Waals surface area contributed by atoms with Gasteiger partial charge in [0, 0.05) is 37.2 Å². The molecule has 2 amide bonds. The highest BCUT2D eigenvalue weighted by Gasteiger charge is 2.18. The highest BCUT2D eigenvalue weighted by molar-refractivity contribution is 7.20. The number of amides is 2. The second-order valence-corrected chi connectivity index (χ2v) is 7.97. The van der Waals surface area contributed by atoms with E-state index < -0.39 is 0 Å². The van der Waals surface area contributed by atoms with Crippen LogP contribution >= 0.6 is 11.3 Å². The lowest BCUT2D eigenvalue weighted by atomic mass is 10.1. The van der Waals surface area contributed by atoms with E-state index in [-0.39, 0.29) is 23.9 Å². The van der Waals surface area contributed by atoms with Gasteiger partial charge >= 0.3 is 0 Å². The molecule has 156 valence electrons. The molecular weight excluding hydrogens is 414 g/mol. The van der Waals surface area contributed by atoms with Crippen LogP contribution in [0.5, 0.6) is 0 Å². The molecule has 0 spiro atoms. The normalized spacial score (nSPS) is 10.8. The number of carbonyl (C=O) groups excluding carboxylic acids is 2. The molecule has 4 rings (SSSR count). The van der Waals surface area contributed by atoms with E-state index in [1.54, 1.807) is 50.6 Å². The van der Waals surface area contributed by atoms with Crippen molar-refractivity contribution in [2.24, 2.45) is 7.05 Å². The summed E-state index contributed by atoms with van der Waals surface area (Å²) in [6, 6.07) is 10.5. The Morgan fingerprint density at radius 2 is 1.90 bits per heavy atom. The van der Waals surface area contributed by atoms with Crippen molar-refractivity contribution in [2.75, 3.05) is 5.32 Å². The first-order valence-corrected chi connectivity index (χ1v) is 10.3. The van der Waals surface area contributed by atoms with Gasteiger partial charge in [-0.2, -0.15) is 0 Å². The Balaban J connectivity index is 1.47. The number of rotatable bonds is 5. The minimum Gasteiger partial charge on any atom is -0.347 e. The summed E-state index contributed by atoms with van der Waals surface area (Å²) in [6.07, 6.45) is 4.57. The zero-order chi connectivity index (χ0) is 22.0. The van der Waals surface area contributed by atoms with Crippen LogP contribution in [0.4, 0.5) is 5.69 Å². The van der Waals surface area contributed by atoms with Gasteiger partial charge < -0.3 is 15.2 Å². The zero-order valence-corrected chi connectivity index (χ0v) is 17.7. The summed E-state index contributed by atoms with van der Waals surface area (Å²) in [4.78, 5) is 46.6. The second kappa shape index (κ2) is 8.49. The largest absolute Gasteiger partial charge is 0.347 e. The van der Waals surface area contributed by atoms with Crippen LogP contribution in [0, 0.1) is 6.92 Å². The van der Waals surface area contributed by atoms with Crippen molar-refractivity contribution >= 4 is 39.1 Å². The standard InChI is InChI=1S/C22H19N5O3S/c1-13-17-21(25-12-27(2)22(17)30)31-18(13)20(29)24-11-14-4-3-5-16(10-14)26-19(28)15-6-8-23-9-7-15/h3-10,12H,11H2,1-2H3,(H,24,29)(H,26,28). The van der Waals surface area contributed by atoms with E-state index in [0.29, 0.717) is 31.9 Å². The minimum absolute atomic E-state index is 0.171. The highest BCUT2D eigenvalue weighted by Crippen LogP contribution is 2.26.